The van der Waals surface area contributed by atoms with E-state index in [1.807, 2.05) is 0 Å². The van der Waals surface area contributed by atoms with Gasteiger partial charge in [0.15, 0.2) is 12.1 Å². The topological polar surface area (TPSA) is 34.1 Å². The van der Waals surface area contributed by atoms with Crippen LogP contribution >= 0.6 is 15.9 Å². The van der Waals surface area contributed by atoms with Crippen LogP contribution in [0.3, 0.4) is 0 Å². The molecule has 0 radical (unpaired) electrons. The molecule has 0 aliphatic carbocycles. The summed E-state index contributed by atoms with van der Waals surface area (Å²) in [5, 5.41) is 0. The molecule has 17 heavy (non-hydrogen) atoms. The summed E-state index contributed by atoms with van der Waals surface area (Å²) in [6.07, 6.45) is -4.41. The van der Waals surface area contributed by atoms with Crippen LogP contribution in [0.15, 0.2) is 18.2 Å². The van der Waals surface area contributed by atoms with E-state index in [9.17, 15) is 22.8 Å². The molecule has 92 valence electrons. The normalized spacial score (nSPS) is 13.2. The molecule has 0 saturated carbocycles. The summed E-state index contributed by atoms with van der Waals surface area (Å²) in [6.45, 7) is 1.41. The van der Waals surface area contributed by atoms with Gasteiger partial charge in [0.05, 0.1) is 10.4 Å². The molecule has 0 aromatic heterocycles. The Hall–Kier alpha value is -1.17. The lowest BCUT2D eigenvalue weighted by Crippen LogP contribution is -2.20. The van der Waals surface area contributed by atoms with Crippen molar-refractivity contribution in [3.05, 3.63) is 34.9 Å². The zero-order valence-electron chi connectivity index (χ0n) is 8.72. The van der Waals surface area contributed by atoms with Crippen molar-refractivity contribution < 1.29 is 22.8 Å². The van der Waals surface area contributed by atoms with Gasteiger partial charge < -0.3 is 0 Å². The van der Waals surface area contributed by atoms with Gasteiger partial charge in [-0.3, -0.25) is 9.59 Å². The lowest BCUT2D eigenvalue weighted by molar-refractivity contribution is -0.137. The Bertz CT molecular complexity index is 453. The van der Waals surface area contributed by atoms with E-state index in [0.717, 1.165) is 12.1 Å². The van der Waals surface area contributed by atoms with Crippen LogP contribution < -0.4 is 0 Å². The zero-order valence-corrected chi connectivity index (χ0v) is 10.3. The van der Waals surface area contributed by atoms with E-state index in [0.29, 0.717) is 0 Å². The summed E-state index contributed by atoms with van der Waals surface area (Å²) >= 11 is 2.91. The number of halogens is 4. The first-order valence-electron chi connectivity index (χ1n) is 4.62. The van der Waals surface area contributed by atoms with Crippen LogP contribution in [0.5, 0.6) is 0 Å². The molecule has 1 atom stereocenters. The maximum Gasteiger partial charge on any atom is 0.417 e. The number of benzene rings is 1. The second-order valence-corrected chi connectivity index (χ2v) is 4.74. The number of ketones is 1. The molecule has 0 fully saturated rings. The summed E-state index contributed by atoms with van der Waals surface area (Å²) in [5.74, 6) is -0.764. The first kappa shape index (κ1) is 13.9. The highest BCUT2D eigenvalue weighted by Gasteiger charge is 2.36. The minimum absolute atomic E-state index is 0.248. The quantitative estimate of drug-likeness (QED) is 0.487. The molecule has 1 aromatic carbocycles. The van der Waals surface area contributed by atoms with Gasteiger partial charge in [-0.25, -0.2) is 0 Å². The Kier molecular flexibility index (Phi) is 4.08. The number of hydrogen-bond donors (Lipinski definition) is 0. The molecule has 0 heterocycles. The molecule has 0 aliphatic heterocycles. The van der Waals surface area contributed by atoms with E-state index in [1.165, 1.54) is 13.0 Å². The monoisotopic (exact) mass is 308 g/mol. The fourth-order valence-corrected chi connectivity index (χ4v) is 1.61. The number of carbonyl (C=O) groups excluding carboxylic acids is 2. The first-order valence-corrected chi connectivity index (χ1v) is 5.54. The third-order valence-corrected chi connectivity index (χ3v) is 2.55. The lowest BCUT2D eigenvalue weighted by atomic mass is 9.96. The highest BCUT2D eigenvalue weighted by atomic mass is 79.9. The van der Waals surface area contributed by atoms with Gasteiger partial charge in [-0.15, -0.1) is 0 Å². The van der Waals surface area contributed by atoms with Crippen LogP contribution in [0.2, 0.25) is 0 Å². The number of carbonyl (C=O) groups is 2. The van der Waals surface area contributed by atoms with Crippen molar-refractivity contribution in [2.24, 2.45) is 0 Å². The summed E-state index contributed by atoms with van der Waals surface area (Å²) in [7, 11) is 0. The van der Waals surface area contributed by atoms with E-state index in [1.54, 1.807) is 0 Å². The summed E-state index contributed by atoms with van der Waals surface area (Å²) in [4.78, 5) is 21.6. The lowest BCUT2D eigenvalue weighted by Gasteiger charge is -2.14. The van der Waals surface area contributed by atoms with Crippen molar-refractivity contribution >= 4 is 28.0 Å². The number of alkyl halides is 4. The molecule has 2 nitrogen and oxygen atoms in total. The minimum Gasteiger partial charge on any atom is -0.298 e. The minimum atomic E-state index is -4.66. The van der Waals surface area contributed by atoms with Gasteiger partial charge in [0.2, 0.25) is 0 Å². The van der Waals surface area contributed by atoms with Crippen LogP contribution in [0, 0.1) is 0 Å². The molecule has 1 unspecified atom stereocenters. The van der Waals surface area contributed by atoms with Crippen LogP contribution in [-0.4, -0.2) is 16.9 Å². The van der Waals surface area contributed by atoms with Crippen LogP contribution in [0.4, 0.5) is 13.2 Å². The van der Waals surface area contributed by atoms with E-state index < -0.39 is 27.9 Å². The number of aldehydes is 1. The van der Waals surface area contributed by atoms with Crippen molar-refractivity contribution in [3.63, 3.8) is 0 Å². The molecule has 0 saturated heterocycles. The number of hydrogen-bond acceptors (Lipinski definition) is 2. The van der Waals surface area contributed by atoms with Crippen molar-refractivity contribution in [2.75, 3.05) is 0 Å². The van der Waals surface area contributed by atoms with Crippen molar-refractivity contribution in [2.45, 2.75) is 17.9 Å². The second kappa shape index (κ2) is 5.00. The average molecular weight is 309 g/mol. The molecule has 1 rings (SSSR count). The van der Waals surface area contributed by atoms with Gasteiger partial charge in [0, 0.05) is 11.1 Å². The Morgan fingerprint density at radius 3 is 2.41 bits per heavy atom. The Morgan fingerprint density at radius 2 is 2.00 bits per heavy atom. The molecule has 1 aromatic rings. The fraction of sp³-hybridized carbons (Fsp3) is 0.273. The standard InChI is InChI=1S/C11H8BrF3O2/c1-6(12)10(17)9-7(5-16)3-2-4-8(9)11(13,14)15/h2-6H,1H3. The maximum atomic E-state index is 12.7. The predicted molar refractivity (Wildman–Crippen MR) is 59.6 cm³/mol. The van der Waals surface area contributed by atoms with Crippen LogP contribution in [0.1, 0.15) is 33.2 Å². The highest BCUT2D eigenvalue weighted by molar-refractivity contribution is 9.10. The molecular formula is C11H8BrF3O2. The molecule has 6 heteroatoms. The molecule has 0 bridgehead atoms. The molecule has 0 N–H and O–H groups in total. The molecular weight excluding hydrogens is 301 g/mol. The first-order chi connectivity index (χ1) is 7.79. The zero-order chi connectivity index (χ0) is 13.2. The Labute approximate surface area is 104 Å². The predicted octanol–water partition coefficient (Wildman–Crippen LogP) is 3.48. The SMILES string of the molecule is CC(Br)C(=O)c1c(C=O)cccc1C(F)(F)F. The van der Waals surface area contributed by atoms with Gasteiger partial charge in [-0.2, -0.15) is 13.2 Å². The number of Topliss-reactive ketones (excluding diaryl/α,β-unsaturated/α-hetero) is 1. The smallest absolute Gasteiger partial charge is 0.298 e. The average Bonchev–Trinajstić information content (AvgIpc) is 2.25. The second-order valence-electron chi connectivity index (χ2n) is 3.37. The molecule has 0 amide bonds. The van der Waals surface area contributed by atoms with Gasteiger partial charge in [-0.1, -0.05) is 28.1 Å². The maximum absolute atomic E-state index is 12.7. The Balaban J connectivity index is 3.52. The summed E-state index contributed by atoms with van der Waals surface area (Å²) < 4.78 is 38.1. The molecule has 0 spiro atoms. The fourth-order valence-electron chi connectivity index (χ4n) is 1.38. The van der Waals surface area contributed by atoms with Crippen molar-refractivity contribution in [1.29, 1.82) is 0 Å². The van der Waals surface area contributed by atoms with Gasteiger partial charge >= 0.3 is 6.18 Å². The number of rotatable bonds is 3. The third kappa shape index (κ3) is 2.94. The van der Waals surface area contributed by atoms with E-state index in [4.69, 9.17) is 0 Å². The molecule has 0 aliphatic rings. The third-order valence-electron chi connectivity index (χ3n) is 2.14. The van der Waals surface area contributed by atoms with Crippen molar-refractivity contribution in [3.8, 4) is 0 Å². The van der Waals surface area contributed by atoms with E-state index in [-0.39, 0.29) is 11.8 Å². The van der Waals surface area contributed by atoms with Crippen LogP contribution in [-0.2, 0) is 6.18 Å². The van der Waals surface area contributed by atoms with Gasteiger partial charge in [0.1, 0.15) is 0 Å². The Morgan fingerprint density at radius 1 is 1.41 bits per heavy atom. The van der Waals surface area contributed by atoms with E-state index >= 15 is 0 Å². The van der Waals surface area contributed by atoms with Gasteiger partial charge in [0.25, 0.3) is 0 Å². The van der Waals surface area contributed by atoms with Crippen LogP contribution in [0.25, 0.3) is 0 Å². The highest BCUT2D eigenvalue weighted by Crippen LogP contribution is 2.34. The summed E-state index contributed by atoms with van der Waals surface area (Å²) in [5.41, 5.74) is -1.92. The largest absolute Gasteiger partial charge is 0.417 e. The van der Waals surface area contributed by atoms with E-state index in [2.05, 4.69) is 15.9 Å². The summed E-state index contributed by atoms with van der Waals surface area (Å²) in [6, 6.07) is 3.07. The van der Waals surface area contributed by atoms with Gasteiger partial charge in [-0.05, 0) is 13.0 Å². The van der Waals surface area contributed by atoms with Crippen molar-refractivity contribution in [1.82, 2.24) is 0 Å².